The van der Waals surface area contributed by atoms with Crippen molar-refractivity contribution in [2.75, 3.05) is 106 Å². The molecule has 7 aliphatic heterocycles. The van der Waals surface area contributed by atoms with Crippen molar-refractivity contribution >= 4 is 67.5 Å². The van der Waals surface area contributed by atoms with Crippen LogP contribution in [0.2, 0.25) is 0 Å². The largest absolute Gasteiger partial charge is 0.491 e. The first-order chi connectivity index (χ1) is 49.2. The number of carbonyl (C=O) groups excluding carboxylic acids is 4. The maximum atomic E-state index is 12.9. The topological polar surface area (TPSA) is 231 Å². The zero-order chi connectivity index (χ0) is 68.2. The minimum atomic E-state index is -0.602. The number of pyridine rings is 4. The van der Waals surface area contributed by atoms with E-state index in [2.05, 4.69) is 0 Å². The third-order valence-electron chi connectivity index (χ3n) is 16.1. The van der Waals surface area contributed by atoms with Gasteiger partial charge in [0.15, 0.2) is 0 Å². The van der Waals surface area contributed by atoms with Crippen LogP contribution in [0, 0.1) is 0 Å². The highest BCUT2D eigenvalue weighted by molar-refractivity contribution is 6.05. The maximum absolute atomic E-state index is 12.9. The molecule has 20 nitrogen and oxygen atoms in total. The fourth-order valence-corrected chi connectivity index (χ4v) is 11.0. The molecule has 20 bridgehead atoms. The first kappa shape index (κ1) is 66.9. The van der Waals surface area contributed by atoms with Crippen molar-refractivity contribution in [3.05, 3.63) is 241 Å². The third-order valence-corrected chi connectivity index (χ3v) is 16.1. The number of benzene rings is 8. The van der Waals surface area contributed by atoms with Gasteiger partial charge < -0.3 is 56.8 Å². The lowest BCUT2D eigenvalue weighted by atomic mass is 10.1. The smallest absolute Gasteiger partial charge is 0.338 e. The monoisotopic (exact) mass is 1340 g/mol. The van der Waals surface area contributed by atoms with E-state index in [9.17, 15) is 19.2 Å². The highest BCUT2D eigenvalue weighted by Crippen LogP contribution is 2.33. The summed E-state index contributed by atoms with van der Waals surface area (Å²) < 4.78 is 68.2. The molecule has 0 N–H and O–H groups in total. The molecule has 19 rings (SSSR count). The van der Waals surface area contributed by atoms with Crippen LogP contribution in [-0.4, -0.2) is 150 Å². The number of nitrogens with zero attached hydrogens (tertiary/aromatic N) is 4. The van der Waals surface area contributed by atoms with Crippen LogP contribution in [0.4, 0.5) is 0 Å². The highest BCUT2D eigenvalue weighted by Gasteiger charge is 2.17. The van der Waals surface area contributed by atoms with Gasteiger partial charge in [0.05, 0.1) is 120 Å². The number of esters is 4. The van der Waals surface area contributed by atoms with E-state index in [4.69, 9.17) is 76.8 Å². The van der Waals surface area contributed by atoms with Gasteiger partial charge in [-0.15, -0.1) is 0 Å². The molecule has 100 heavy (non-hydrogen) atoms. The van der Waals surface area contributed by atoms with Crippen molar-refractivity contribution in [2.45, 2.75) is 0 Å². The van der Waals surface area contributed by atoms with E-state index in [1.807, 2.05) is 170 Å². The van der Waals surface area contributed by atoms with Crippen LogP contribution in [0.25, 0.3) is 88.6 Å². The number of aromatic nitrogens is 4. The molecule has 504 valence electrons. The predicted molar refractivity (Wildman–Crippen MR) is 375 cm³/mol. The summed E-state index contributed by atoms with van der Waals surface area (Å²) in [5, 5.41) is 3.82. The lowest BCUT2D eigenvalue weighted by Gasteiger charge is -2.11. The van der Waals surface area contributed by atoms with E-state index in [0.29, 0.717) is 23.0 Å². The summed E-state index contributed by atoms with van der Waals surface area (Å²) in [6.07, 6.45) is 0. The summed E-state index contributed by atoms with van der Waals surface area (Å²) in [6.45, 7) is 2.66. The Bertz CT molecular complexity index is 4240. The van der Waals surface area contributed by atoms with Crippen molar-refractivity contribution in [2.24, 2.45) is 0 Å². The molecule has 0 spiro atoms. The van der Waals surface area contributed by atoms with E-state index in [1.54, 1.807) is 36.4 Å². The number of rotatable bonds is 0. The molecule has 4 aromatic heterocycles. The first-order valence-electron chi connectivity index (χ1n) is 32.7. The van der Waals surface area contributed by atoms with Gasteiger partial charge in [-0.3, -0.25) is 0 Å². The Kier molecular flexibility index (Phi) is 22.1. The number of hydrogen-bond donors (Lipinski definition) is 0. The molecule has 0 radical (unpaired) electrons. The molecule has 0 fully saturated rings. The zero-order valence-electron chi connectivity index (χ0n) is 54.4. The van der Waals surface area contributed by atoms with Crippen molar-refractivity contribution < 1.29 is 76.0 Å². The van der Waals surface area contributed by atoms with Crippen LogP contribution in [0.1, 0.15) is 41.4 Å². The number of ether oxygens (including phenoxy) is 12. The first-order valence-corrected chi connectivity index (χ1v) is 32.7. The Morgan fingerprint density at radius 3 is 0.620 bits per heavy atom. The Hall–Kier alpha value is -11.7. The fourth-order valence-electron chi connectivity index (χ4n) is 11.0. The molecule has 0 amide bonds. The summed E-state index contributed by atoms with van der Waals surface area (Å²) in [5.41, 5.74) is 10.6. The van der Waals surface area contributed by atoms with Gasteiger partial charge in [0.2, 0.25) is 0 Å². The van der Waals surface area contributed by atoms with Crippen LogP contribution in [0.5, 0.6) is 23.0 Å². The lowest BCUT2D eigenvalue weighted by Crippen LogP contribution is -2.15. The second kappa shape index (κ2) is 33.0. The second-order valence-corrected chi connectivity index (χ2v) is 22.9. The van der Waals surface area contributed by atoms with E-state index in [0.717, 1.165) is 88.6 Å². The van der Waals surface area contributed by atoms with Crippen molar-refractivity contribution in [1.29, 1.82) is 0 Å². The van der Waals surface area contributed by atoms with E-state index in [1.165, 1.54) is 12.1 Å². The van der Waals surface area contributed by atoms with Crippen LogP contribution >= 0.6 is 0 Å². The molecular weight excluding hydrogens is 1270 g/mol. The quantitative estimate of drug-likeness (QED) is 0.0780. The Balaban J connectivity index is 0.610. The van der Waals surface area contributed by atoms with E-state index < -0.39 is 23.9 Å². The normalized spacial score (nSPS) is 15.1. The van der Waals surface area contributed by atoms with Gasteiger partial charge in [0, 0.05) is 43.8 Å². The molecule has 0 saturated carbocycles. The fraction of sp³-hybridized carbons (Fsp3) is 0.200. The van der Waals surface area contributed by atoms with Gasteiger partial charge in [0.25, 0.3) is 0 Å². The summed E-state index contributed by atoms with van der Waals surface area (Å²) in [6, 6.07) is 67.2. The van der Waals surface area contributed by atoms with Gasteiger partial charge >= 0.3 is 23.9 Å². The molecule has 0 atom stereocenters. The summed E-state index contributed by atoms with van der Waals surface area (Å²) >= 11 is 0. The summed E-state index contributed by atoms with van der Waals surface area (Å²) in [7, 11) is 0. The van der Waals surface area contributed by atoms with Crippen LogP contribution < -0.4 is 18.9 Å². The third kappa shape index (κ3) is 17.3. The molecule has 0 saturated heterocycles. The number of hydrogen-bond acceptors (Lipinski definition) is 20. The number of carbonyl (C=O) groups is 4. The van der Waals surface area contributed by atoms with Crippen molar-refractivity contribution in [3.63, 3.8) is 0 Å². The molecule has 11 heterocycles. The van der Waals surface area contributed by atoms with E-state index in [-0.39, 0.29) is 128 Å². The molecule has 0 unspecified atom stereocenters. The molecule has 12 aromatic rings. The molecular formula is C80H68N4O16. The summed E-state index contributed by atoms with van der Waals surface area (Å²) in [4.78, 5) is 72.0. The average Bonchev–Trinajstić information content (AvgIpc) is 0.777. The van der Waals surface area contributed by atoms with Crippen LogP contribution in [0.3, 0.4) is 0 Å². The van der Waals surface area contributed by atoms with Gasteiger partial charge in [-0.05, 0) is 158 Å². The molecule has 0 aliphatic carbocycles. The minimum absolute atomic E-state index is 0.00114. The Labute approximate surface area is 575 Å². The molecule has 8 aromatic carbocycles. The maximum Gasteiger partial charge on any atom is 0.338 e. The second-order valence-electron chi connectivity index (χ2n) is 22.9. The lowest BCUT2D eigenvalue weighted by molar-refractivity contribution is 0.0259. The van der Waals surface area contributed by atoms with Gasteiger partial charge in [0.1, 0.15) is 75.9 Å². The summed E-state index contributed by atoms with van der Waals surface area (Å²) in [5.74, 6) is 0.199. The SMILES string of the molecule is O=C1OCCOCCOc2ccc(cc2)-c2ccc3ccc4ccc(nc4c3n2)-c2ccc(cc2)OCCOCCOC(=O)c2cccc(c2)C(=O)OCCOCCOc2ccc(cc2)-c2ccc3ccc4ccc(nc4c3n2)-c2ccc(cc2)OCCOCCOC(=O)c2cccc1c2. The van der Waals surface area contributed by atoms with Gasteiger partial charge in [-0.2, -0.15) is 0 Å². The van der Waals surface area contributed by atoms with Crippen LogP contribution in [-0.2, 0) is 37.9 Å². The van der Waals surface area contributed by atoms with Crippen molar-refractivity contribution in [1.82, 2.24) is 19.9 Å². The molecule has 20 heteroatoms. The average molecular weight is 1340 g/mol. The highest BCUT2D eigenvalue weighted by atomic mass is 16.6. The standard InChI is InChI=1S/C80H68N4O16/c85-77-61-3-1-4-62(51-61)78(86)98-48-40-90-36-44-94-66-25-13-54(14-26-66)70-32-20-58-8-10-60-22-34-72(84-76(60)74(58)82-70)56-17-29-68(30-18-56)96-46-38-92-42-50-100-80(88)64-6-2-5-63(52-64)79(87)99-49-41-91-37-45-95-67-27-15-55(16-28-67)71-33-21-59-9-7-57-19-31-69(81-73(57)75(59)83-71)53-11-23-65(24-12-53)93-43-35-89-39-47-97-77/h1-34,51-52H,35-50H2. The Morgan fingerprint density at radius 1 is 0.200 bits per heavy atom. The van der Waals surface area contributed by atoms with Gasteiger partial charge in [-0.1, -0.05) is 60.7 Å². The van der Waals surface area contributed by atoms with Crippen LogP contribution in [0.15, 0.2) is 218 Å². The van der Waals surface area contributed by atoms with Gasteiger partial charge in [-0.25, -0.2) is 39.1 Å². The predicted octanol–water partition coefficient (Wildman–Crippen LogP) is 13.9. The van der Waals surface area contributed by atoms with E-state index >= 15 is 0 Å². The Morgan fingerprint density at radius 2 is 0.400 bits per heavy atom. The minimum Gasteiger partial charge on any atom is -0.491 e. The molecule has 7 aliphatic rings. The van der Waals surface area contributed by atoms with Crippen molar-refractivity contribution in [3.8, 4) is 68.0 Å². The zero-order valence-corrected chi connectivity index (χ0v) is 54.4.